The van der Waals surface area contributed by atoms with Crippen molar-refractivity contribution in [2.45, 2.75) is 98.1 Å². The fraction of sp³-hybridized carbons (Fsp3) is 1.00. The molecule has 0 radical (unpaired) electrons. The first kappa shape index (κ1) is 19.0. The molecule has 0 aromatic carbocycles. The molecule has 0 bridgehead atoms. The maximum atomic E-state index is 3.79. The highest BCUT2D eigenvalue weighted by atomic mass is 15.2. The second-order valence-electron chi connectivity index (χ2n) is 8.58. The zero-order valence-electron chi connectivity index (χ0n) is 15.6. The summed E-state index contributed by atoms with van der Waals surface area (Å²) in [5, 5.41) is 3.79. The lowest BCUT2D eigenvalue weighted by Gasteiger charge is -2.39. The summed E-state index contributed by atoms with van der Waals surface area (Å²) in [6.45, 7) is 17.7. The van der Waals surface area contributed by atoms with Gasteiger partial charge in [0.1, 0.15) is 0 Å². The molecule has 1 fully saturated rings. The largest absolute Gasteiger partial charge is 0.311 e. The van der Waals surface area contributed by atoms with Gasteiger partial charge in [0.15, 0.2) is 0 Å². The van der Waals surface area contributed by atoms with E-state index in [2.05, 4.69) is 51.8 Å². The Morgan fingerprint density at radius 2 is 1.71 bits per heavy atom. The topological polar surface area (TPSA) is 15.3 Å². The van der Waals surface area contributed by atoms with Gasteiger partial charge in [0, 0.05) is 24.7 Å². The van der Waals surface area contributed by atoms with Crippen LogP contribution < -0.4 is 5.32 Å². The maximum Gasteiger partial charge on any atom is 0.00967 e. The molecule has 0 atom stereocenters. The molecule has 1 rings (SSSR count). The van der Waals surface area contributed by atoms with E-state index >= 15 is 0 Å². The van der Waals surface area contributed by atoms with Crippen LogP contribution in [0.3, 0.4) is 0 Å². The van der Waals surface area contributed by atoms with Gasteiger partial charge in [-0.15, -0.1) is 0 Å². The Morgan fingerprint density at radius 1 is 1.10 bits per heavy atom. The van der Waals surface area contributed by atoms with Crippen molar-refractivity contribution in [1.82, 2.24) is 10.2 Å². The van der Waals surface area contributed by atoms with Gasteiger partial charge in [0.2, 0.25) is 0 Å². The minimum Gasteiger partial charge on any atom is -0.311 e. The van der Waals surface area contributed by atoms with Crippen molar-refractivity contribution in [3.63, 3.8) is 0 Å². The van der Waals surface area contributed by atoms with Gasteiger partial charge >= 0.3 is 0 Å². The van der Waals surface area contributed by atoms with Crippen molar-refractivity contribution < 1.29 is 0 Å². The van der Waals surface area contributed by atoms with E-state index in [1.165, 1.54) is 64.6 Å². The van der Waals surface area contributed by atoms with Crippen LogP contribution in [0.5, 0.6) is 0 Å². The second-order valence-corrected chi connectivity index (χ2v) is 8.58. The molecule has 1 aliphatic rings. The molecule has 0 spiro atoms. The lowest BCUT2D eigenvalue weighted by molar-refractivity contribution is 0.113. The van der Waals surface area contributed by atoms with Gasteiger partial charge in [-0.1, -0.05) is 32.6 Å². The van der Waals surface area contributed by atoms with Crippen molar-refractivity contribution in [3.8, 4) is 0 Å². The van der Waals surface area contributed by atoms with Gasteiger partial charge in [0.05, 0.1) is 0 Å². The monoisotopic (exact) mass is 296 g/mol. The first-order chi connectivity index (χ1) is 9.78. The van der Waals surface area contributed by atoms with Crippen LogP contribution >= 0.6 is 0 Å². The summed E-state index contributed by atoms with van der Waals surface area (Å²) in [6, 6.07) is 0.675. The van der Waals surface area contributed by atoms with Crippen molar-refractivity contribution in [2.75, 3.05) is 19.6 Å². The van der Waals surface area contributed by atoms with Crippen LogP contribution in [0.2, 0.25) is 0 Å². The first-order valence-corrected chi connectivity index (χ1v) is 9.27. The molecule has 2 heteroatoms. The van der Waals surface area contributed by atoms with Gasteiger partial charge in [-0.2, -0.15) is 0 Å². The lowest BCUT2D eigenvalue weighted by Crippen LogP contribution is -2.49. The number of nitrogens with one attached hydrogen (secondary N) is 1. The highest BCUT2D eigenvalue weighted by Crippen LogP contribution is 2.39. The molecule has 1 aliphatic carbocycles. The minimum absolute atomic E-state index is 0.237. The molecule has 126 valence electrons. The Balaban J connectivity index is 2.61. The molecule has 0 heterocycles. The number of nitrogens with zero attached hydrogens (tertiary/aromatic N) is 1. The highest BCUT2D eigenvalue weighted by molar-refractivity contribution is 4.91. The van der Waals surface area contributed by atoms with E-state index in [4.69, 9.17) is 0 Å². The van der Waals surface area contributed by atoms with Gasteiger partial charge < -0.3 is 10.2 Å². The van der Waals surface area contributed by atoms with Crippen LogP contribution in [0.15, 0.2) is 0 Å². The molecule has 0 aliphatic heterocycles. The van der Waals surface area contributed by atoms with Crippen LogP contribution in [0.25, 0.3) is 0 Å². The van der Waals surface area contributed by atoms with Gasteiger partial charge in [-0.25, -0.2) is 0 Å². The van der Waals surface area contributed by atoms with Gasteiger partial charge in [-0.05, 0) is 65.8 Å². The number of rotatable bonds is 9. The summed E-state index contributed by atoms with van der Waals surface area (Å²) in [7, 11) is 0. The summed E-state index contributed by atoms with van der Waals surface area (Å²) in [6.07, 6.45) is 9.72. The number of unbranched alkanes of at least 4 members (excludes halogenated alkanes) is 2. The molecule has 1 N–H and O–H groups in total. The Hall–Kier alpha value is -0.0800. The minimum atomic E-state index is 0.237. The van der Waals surface area contributed by atoms with Gasteiger partial charge in [0.25, 0.3) is 0 Å². The molecule has 0 saturated heterocycles. The Labute approximate surface area is 134 Å². The molecule has 1 saturated carbocycles. The highest BCUT2D eigenvalue weighted by Gasteiger charge is 2.36. The van der Waals surface area contributed by atoms with E-state index in [0.717, 1.165) is 0 Å². The maximum absolute atomic E-state index is 3.79. The molecule has 0 amide bonds. The average molecular weight is 297 g/mol. The smallest absolute Gasteiger partial charge is 0.00967 e. The quantitative estimate of drug-likeness (QED) is 0.613. The summed E-state index contributed by atoms with van der Waals surface area (Å²) >= 11 is 0. The van der Waals surface area contributed by atoms with Crippen LogP contribution in [0, 0.1) is 5.41 Å². The first-order valence-electron chi connectivity index (χ1n) is 9.27. The molecule has 0 aromatic heterocycles. The number of hydrogen-bond donors (Lipinski definition) is 1. The zero-order valence-corrected chi connectivity index (χ0v) is 15.6. The third-order valence-corrected chi connectivity index (χ3v) is 4.98. The van der Waals surface area contributed by atoms with E-state index in [1.54, 1.807) is 0 Å². The molecule has 0 unspecified atom stereocenters. The molecular formula is C19H40N2. The predicted molar refractivity (Wildman–Crippen MR) is 94.9 cm³/mol. The summed E-state index contributed by atoms with van der Waals surface area (Å²) in [5.74, 6) is 0. The van der Waals surface area contributed by atoms with Crippen LogP contribution in [-0.2, 0) is 0 Å². The fourth-order valence-electron chi connectivity index (χ4n) is 3.48. The van der Waals surface area contributed by atoms with Crippen LogP contribution in [0.1, 0.15) is 86.5 Å². The van der Waals surface area contributed by atoms with E-state index < -0.39 is 0 Å². The molecular weight excluding hydrogens is 256 g/mol. The SMILES string of the molecule is CCCCCN(CC1(CNC(C)(C)C)CCCC1)C(C)C. The van der Waals surface area contributed by atoms with Gasteiger partial charge in [-0.3, -0.25) is 0 Å². The fourth-order valence-corrected chi connectivity index (χ4v) is 3.48. The van der Waals surface area contributed by atoms with Crippen LogP contribution in [-0.4, -0.2) is 36.1 Å². The standard InChI is InChI=1S/C19H40N2/c1-7-8-11-14-21(17(2)3)16-19(12-9-10-13-19)15-20-18(4,5)6/h17,20H,7-16H2,1-6H3. The van der Waals surface area contributed by atoms with E-state index in [0.29, 0.717) is 11.5 Å². The Kier molecular flexibility index (Phi) is 7.70. The second kappa shape index (κ2) is 8.53. The summed E-state index contributed by atoms with van der Waals surface area (Å²) in [5.41, 5.74) is 0.754. The molecule has 2 nitrogen and oxygen atoms in total. The van der Waals surface area contributed by atoms with Crippen molar-refractivity contribution in [1.29, 1.82) is 0 Å². The third kappa shape index (κ3) is 7.15. The van der Waals surface area contributed by atoms with Crippen molar-refractivity contribution in [3.05, 3.63) is 0 Å². The number of hydrogen-bond acceptors (Lipinski definition) is 2. The average Bonchev–Trinajstić information content (AvgIpc) is 2.84. The summed E-state index contributed by atoms with van der Waals surface area (Å²) in [4.78, 5) is 2.74. The van der Waals surface area contributed by atoms with Crippen LogP contribution in [0.4, 0.5) is 0 Å². The van der Waals surface area contributed by atoms with Crippen molar-refractivity contribution in [2.24, 2.45) is 5.41 Å². The zero-order chi connectivity index (χ0) is 15.9. The third-order valence-electron chi connectivity index (χ3n) is 4.98. The normalized spacial score (nSPS) is 18.9. The molecule has 21 heavy (non-hydrogen) atoms. The lowest BCUT2D eigenvalue weighted by atomic mass is 9.84. The molecule has 0 aromatic rings. The van der Waals surface area contributed by atoms with E-state index in [9.17, 15) is 0 Å². The Bertz CT molecular complexity index is 272. The van der Waals surface area contributed by atoms with E-state index in [-0.39, 0.29) is 5.54 Å². The van der Waals surface area contributed by atoms with E-state index in [1.807, 2.05) is 0 Å². The predicted octanol–water partition coefficient (Wildman–Crippen LogP) is 4.84. The summed E-state index contributed by atoms with van der Waals surface area (Å²) < 4.78 is 0. The Morgan fingerprint density at radius 3 is 2.19 bits per heavy atom. The van der Waals surface area contributed by atoms with Crippen molar-refractivity contribution >= 4 is 0 Å².